The zero-order valence-electron chi connectivity index (χ0n) is 13.3. The highest BCUT2D eigenvalue weighted by Gasteiger charge is 2.18. The summed E-state index contributed by atoms with van der Waals surface area (Å²) in [5, 5.41) is 5.52. The Morgan fingerprint density at radius 1 is 1.35 bits per heavy atom. The molecule has 0 bridgehead atoms. The summed E-state index contributed by atoms with van der Waals surface area (Å²) in [7, 11) is 0.456. The van der Waals surface area contributed by atoms with Gasteiger partial charge in [-0.05, 0) is 37.3 Å². The summed E-state index contributed by atoms with van der Waals surface area (Å²) in [5.41, 5.74) is 0.571. The molecular weight excluding hydrogens is 316 g/mol. The molecule has 124 valence electrons. The number of urea groups is 1. The third kappa shape index (κ3) is 4.94. The summed E-state index contributed by atoms with van der Waals surface area (Å²) >= 11 is 0. The summed E-state index contributed by atoms with van der Waals surface area (Å²) in [6, 6.07) is 9.76. The smallest absolute Gasteiger partial charge is 0.319 e. The Bertz CT molecular complexity index is 699. The van der Waals surface area contributed by atoms with Crippen LogP contribution >= 0.6 is 0 Å². The lowest BCUT2D eigenvalue weighted by molar-refractivity contribution is 0.158. The van der Waals surface area contributed by atoms with Gasteiger partial charge in [0.05, 0.1) is 6.61 Å². The Hall–Kier alpha value is -2.12. The van der Waals surface area contributed by atoms with Crippen LogP contribution in [0.5, 0.6) is 0 Å². The zero-order chi connectivity index (χ0) is 16.8. The first-order valence-corrected chi connectivity index (χ1v) is 8.61. The van der Waals surface area contributed by atoms with Gasteiger partial charge in [0.15, 0.2) is 0 Å². The number of furan rings is 1. The standard InChI is InChI=1S/C16H20N2O4S/c1-11-7-8-15(22-11)14(10-21-2)18-16(19)17-12-5-4-6-13(9-12)23(3)20/h4-9,14H,10H2,1-3H3,(H2,17,18,19). The topological polar surface area (TPSA) is 80.6 Å². The van der Waals surface area contributed by atoms with Gasteiger partial charge < -0.3 is 19.8 Å². The number of aryl methyl sites for hydroxylation is 1. The van der Waals surface area contributed by atoms with E-state index in [0.717, 1.165) is 5.76 Å². The van der Waals surface area contributed by atoms with Crippen molar-refractivity contribution in [1.29, 1.82) is 0 Å². The van der Waals surface area contributed by atoms with Crippen LogP contribution in [0, 0.1) is 6.92 Å². The lowest BCUT2D eigenvalue weighted by Crippen LogP contribution is -2.34. The van der Waals surface area contributed by atoms with E-state index < -0.39 is 16.8 Å². The van der Waals surface area contributed by atoms with Crippen molar-refractivity contribution in [2.75, 3.05) is 25.3 Å². The van der Waals surface area contributed by atoms with Gasteiger partial charge in [0.25, 0.3) is 0 Å². The third-order valence-electron chi connectivity index (χ3n) is 3.17. The molecule has 2 aromatic rings. The summed E-state index contributed by atoms with van der Waals surface area (Å²) in [5.74, 6) is 1.39. The second-order valence-electron chi connectivity index (χ2n) is 5.04. The van der Waals surface area contributed by atoms with E-state index in [1.165, 1.54) is 0 Å². The number of carbonyl (C=O) groups excluding carboxylic acids is 1. The molecule has 1 heterocycles. The SMILES string of the molecule is COCC(NC(=O)Nc1cccc(S(C)=O)c1)c1ccc(C)o1. The minimum Gasteiger partial charge on any atom is -0.464 e. The number of carbonyl (C=O) groups is 1. The second-order valence-corrected chi connectivity index (χ2v) is 6.42. The fourth-order valence-corrected chi connectivity index (χ4v) is 2.64. The summed E-state index contributed by atoms with van der Waals surface area (Å²) < 4.78 is 22.2. The molecule has 2 N–H and O–H groups in total. The molecule has 2 rings (SSSR count). The van der Waals surface area contributed by atoms with Crippen molar-refractivity contribution in [2.45, 2.75) is 17.9 Å². The van der Waals surface area contributed by atoms with Gasteiger partial charge in [-0.25, -0.2) is 4.79 Å². The molecule has 7 heteroatoms. The number of methoxy groups -OCH3 is 1. The van der Waals surface area contributed by atoms with E-state index in [2.05, 4.69) is 10.6 Å². The highest BCUT2D eigenvalue weighted by atomic mass is 32.2. The van der Waals surface area contributed by atoms with Gasteiger partial charge in [-0.3, -0.25) is 4.21 Å². The van der Waals surface area contributed by atoms with Crippen molar-refractivity contribution in [2.24, 2.45) is 0 Å². The fraction of sp³-hybridized carbons (Fsp3) is 0.312. The average Bonchev–Trinajstić information content (AvgIpc) is 2.93. The molecule has 23 heavy (non-hydrogen) atoms. The van der Waals surface area contributed by atoms with Crippen molar-refractivity contribution < 1.29 is 18.2 Å². The van der Waals surface area contributed by atoms with Crippen LogP contribution in [-0.4, -0.2) is 30.2 Å². The molecule has 0 spiro atoms. The second kappa shape index (κ2) is 7.94. The largest absolute Gasteiger partial charge is 0.464 e. The van der Waals surface area contributed by atoms with Gasteiger partial charge in [0.2, 0.25) is 0 Å². The van der Waals surface area contributed by atoms with Gasteiger partial charge in [-0.1, -0.05) is 6.07 Å². The van der Waals surface area contributed by atoms with E-state index in [1.54, 1.807) is 43.7 Å². The van der Waals surface area contributed by atoms with E-state index in [4.69, 9.17) is 9.15 Å². The number of anilines is 1. The Balaban J connectivity index is 2.04. The number of nitrogens with one attached hydrogen (secondary N) is 2. The predicted molar refractivity (Wildman–Crippen MR) is 89.0 cm³/mol. The molecule has 0 aliphatic heterocycles. The maximum atomic E-state index is 12.2. The Morgan fingerprint density at radius 2 is 2.13 bits per heavy atom. The quantitative estimate of drug-likeness (QED) is 0.850. The Morgan fingerprint density at radius 3 is 2.74 bits per heavy atom. The van der Waals surface area contributed by atoms with Crippen LogP contribution in [0.25, 0.3) is 0 Å². The molecule has 6 nitrogen and oxygen atoms in total. The molecule has 0 aliphatic carbocycles. The van der Waals surface area contributed by atoms with Gasteiger partial charge in [-0.15, -0.1) is 0 Å². The Kier molecular flexibility index (Phi) is 5.95. The van der Waals surface area contributed by atoms with Gasteiger partial charge >= 0.3 is 6.03 Å². The molecule has 2 atom stereocenters. The summed E-state index contributed by atoms with van der Waals surface area (Å²) in [4.78, 5) is 12.8. The molecule has 2 unspecified atom stereocenters. The summed E-state index contributed by atoms with van der Waals surface area (Å²) in [6.45, 7) is 2.13. The number of rotatable bonds is 6. The lowest BCUT2D eigenvalue weighted by Gasteiger charge is -2.16. The van der Waals surface area contributed by atoms with Gasteiger partial charge in [0.1, 0.15) is 17.6 Å². The highest BCUT2D eigenvalue weighted by Crippen LogP contribution is 2.18. The van der Waals surface area contributed by atoms with Crippen molar-refractivity contribution >= 4 is 22.5 Å². The first kappa shape index (κ1) is 17.2. The molecular formula is C16H20N2O4S. The normalized spacial score (nSPS) is 13.3. The predicted octanol–water partition coefficient (Wildman–Crippen LogP) is 2.83. The average molecular weight is 336 g/mol. The lowest BCUT2D eigenvalue weighted by atomic mass is 10.2. The zero-order valence-corrected chi connectivity index (χ0v) is 14.1. The first-order chi connectivity index (χ1) is 11.0. The minimum atomic E-state index is -1.10. The van der Waals surface area contributed by atoms with Crippen molar-refractivity contribution in [1.82, 2.24) is 5.32 Å². The number of hydrogen-bond acceptors (Lipinski definition) is 4. The van der Waals surface area contributed by atoms with E-state index in [1.807, 2.05) is 13.0 Å². The minimum absolute atomic E-state index is 0.291. The Labute approximate surface area is 137 Å². The molecule has 2 amide bonds. The monoisotopic (exact) mass is 336 g/mol. The van der Waals surface area contributed by atoms with Crippen LogP contribution in [0.2, 0.25) is 0 Å². The first-order valence-electron chi connectivity index (χ1n) is 7.06. The van der Waals surface area contributed by atoms with Crippen LogP contribution in [0.15, 0.2) is 45.7 Å². The van der Waals surface area contributed by atoms with E-state index >= 15 is 0 Å². The number of ether oxygens (including phenoxy) is 1. The molecule has 0 radical (unpaired) electrons. The molecule has 1 aromatic heterocycles. The summed E-state index contributed by atoms with van der Waals surface area (Å²) in [6.07, 6.45) is 1.59. The maximum absolute atomic E-state index is 12.2. The van der Waals surface area contributed by atoms with E-state index in [0.29, 0.717) is 22.9 Å². The molecule has 1 aromatic carbocycles. The number of hydrogen-bond donors (Lipinski definition) is 2. The third-order valence-corrected chi connectivity index (χ3v) is 4.08. The van der Waals surface area contributed by atoms with Crippen molar-refractivity contribution in [3.8, 4) is 0 Å². The maximum Gasteiger partial charge on any atom is 0.319 e. The molecule has 0 aliphatic rings. The van der Waals surface area contributed by atoms with E-state index in [-0.39, 0.29) is 6.03 Å². The van der Waals surface area contributed by atoms with Gasteiger partial charge in [-0.2, -0.15) is 0 Å². The number of benzene rings is 1. The van der Waals surface area contributed by atoms with Crippen LogP contribution < -0.4 is 10.6 Å². The fourth-order valence-electron chi connectivity index (χ4n) is 2.08. The van der Waals surface area contributed by atoms with Crippen molar-refractivity contribution in [3.63, 3.8) is 0 Å². The van der Waals surface area contributed by atoms with Gasteiger partial charge in [0, 0.05) is 34.7 Å². The van der Waals surface area contributed by atoms with Crippen LogP contribution in [0.1, 0.15) is 17.6 Å². The van der Waals surface area contributed by atoms with Crippen LogP contribution in [-0.2, 0) is 15.5 Å². The molecule has 0 saturated heterocycles. The molecule has 0 fully saturated rings. The van der Waals surface area contributed by atoms with E-state index in [9.17, 15) is 9.00 Å². The van der Waals surface area contributed by atoms with Crippen LogP contribution in [0.4, 0.5) is 10.5 Å². The van der Waals surface area contributed by atoms with Crippen molar-refractivity contribution in [3.05, 3.63) is 47.9 Å². The highest BCUT2D eigenvalue weighted by molar-refractivity contribution is 7.84. The molecule has 0 saturated carbocycles. The number of amides is 2. The van der Waals surface area contributed by atoms with Crippen LogP contribution in [0.3, 0.4) is 0 Å².